The highest BCUT2D eigenvalue weighted by atomic mass is 19.4. The van der Waals surface area contributed by atoms with Gasteiger partial charge in [-0.3, -0.25) is 21.9 Å². The number of rotatable bonds is 11. The van der Waals surface area contributed by atoms with Crippen molar-refractivity contribution >= 4 is 17.8 Å². The third-order valence-electron chi connectivity index (χ3n) is 5.92. The number of aromatic carboxylic acids is 1. The van der Waals surface area contributed by atoms with E-state index in [1.807, 2.05) is 0 Å². The predicted octanol–water partition coefficient (Wildman–Crippen LogP) is 3.50. The molecule has 0 bridgehead atoms. The van der Waals surface area contributed by atoms with Crippen LogP contribution < -0.4 is 27.1 Å². The zero-order valence-corrected chi connectivity index (χ0v) is 23.9. The number of aromatic nitrogens is 4. The number of amides is 2. The van der Waals surface area contributed by atoms with E-state index in [0.717, 1.165) is 17.1 Å². The minimum atomic E-state index is -4.65. The standard InChI is InChI=1S/C26H32F3N7O4.H4N2/c1-6-30-25(39)34-22-10-21(36-14-18(12-33-36)26(27,28)29)20(13-31-22)19-9-17(24(37)38)11-32-23(19)40-8-7-35(15(2)3)16(4)5;1-2/h9-16H,6-8H2,1-5H3,(H,37,38)(H2,30,31,34,39);1-2H2. The molecular weight excluding hydrogens is 559 g/mol. The Morgan fingerprint density at radius 1 is 1.07 bits per heavy atom. The zero-order valence-electron chi connectivity index (χ0n) is 23.9. The Kier molecular flexibility index (Phi) is 12.2. The molecule has 3 rings (SSSR count). The van der Waals surface area contributed by atoms with Gasteiger partial charge in [-0.05, 0) is 40.7 Å². The molecule has 42 heavy (non-hydrogen) atoms. The third-order valence-corrected chi connectivity index (χ3v) is 5.92. The summed E-state index contributed by atoms with van der Waals surface area (Å²) in [5.41, 5.74) is -0.715. The molecule has 0 atom stereocenters. The van der Waals surface area contributed by atoms with Crippen LogP contribution in [0.2, 0.25) is 0 Å². The number of carboxylic acid groups (broad SMARTS) is 1. The highest BCUT2D eigenvalue weighted by molar-refractivity contribution is 5.91. The van der Waals surface area contributed by atoms with Crippen molar-refractivity contribution in [2.45, 2.75) is 52.9 Å². The van der Waals surface area contributed by atoms with Crippen molar-refractivity contribution in [2.75, 3.05) is 25.0 Å². The third kappa shape index (κ3) is 8.86. The van der Waals surface area contributed by atoms with Crippen LogP contribution in [0.5, 0.6) is 5.88 Å². The summed E-state index contributed by atoms with van der Waals surface area (Å²) in [6, 6.07) is 2.55. The number of carbonyl (C=O) groups is 2. The molecule has 230 valence electrons. The molecule has 7 N–H and O–H groups in total. The SMILES string of the molecule is CCNC(=O)Nc1cc(-n2cc(C(F)(F)F)cn2)c(-c2cc(C(=O)O)cnc2OCCN(C(C)C)C(C)C)cn1.NN. The van der Waals surface area contributed by atoms with Crippen LogP contribution in [0.3, 0.4) is 0 Å². The molecular formula is C26H36F3N9O4. The number of hydrazine groups is 1. The summed E-state index contributed by atoms with van der Waals surface area (Å²) in [6.45, 7) is 11.0. The summed E-state index contributed by atoms with van der Waals surface area (Å²) in [5, 5.41) is 18.5. The van der Waals surface area contributed by atoms with E-state index in [-0.39, 0.29) is 52.8 Å². The van der Waals surface area contributed by atoms with Crippen molar-refractivity contribution in [1.82, 2.24) is 30.0 Å². The van der Waals surface area contributed by atoms with Gasteiger partial charge in [-0.15, -0.1) is 0 Å². The summed E-state index contributed by atoms with van der Waals surface area (Å²) in [7, 11) is 0. The predicted molar refractivity (Wildman–Crippen MR) is 150 cm³/mol. The normalized spacial score (nSPS) is 11.4. The van der Waals surface area contributed by atoms with Crippen LogP contribution in [0.4, 0.5) is 23.8 Å². The van der Waals surface area contributed by atoms with E-state index < -0.39 is 23.7 Å². The molecule has 0 aliphatic rings. The maximum absolute atomic E-state index is 13.4. The first-order valence-electron chi connectivity index (χ1n) is 12.9. The summed E-state index contributed by atoms with van der Waals surface area (Å²) >= 11 is 0. The molecule has 3 aromatic rings. The van der Waals surface area contributed by atoms with E-state index >= 15 is 0 Å². The van der Waals surface area contributed by atoms with Gasteiger partial charge < -0.3 is 15.2 Å². The molecule has 2 amide bonds. The van der Waals surface area contributed by atoms with Crippen LogP contribution in [-0.4, -0.2) is 73.5 Å². The fourth-order valence-electron chi connectivity index (χ4n) is 4.07. The number of anilines is 1. The lowest BCUT2D eigenvalue weighted by atomic mass is 10.0. The Morgan fingerprint density at radius 3 is 2.29 bits per heavy atom. The molecule has 0 aromatic carbocycles. The lowest BCUT2D eigenvalue weighted by Crippen LogP contribution is -2.39. The van der Waals surface area contributed by atoms with Crippen molar-refractivity contribution < 1.29 is 32.6 Å². The monoisotopic (exact) mass is 595 g/mol. The molecule has 3 heterocycles. The average Bonchev–Trinajstić information content (AvgIpc) is 3.43. The Bertz CT molecular complexity index is 1340. The number of hydrogen-bond donors (Lipinski definition) is 5. The number of carboxylic acids is 1. The first-order chi connectivity index (χ1) is 19.8. The number of pyridine rings is 2. The van der Waals surface area contributed by atoms with Gasteiger partial charge in [0.15, 0.2) is 0 Å². The number of nitrogens with one attached hydrogen (secondary N) is 2. The van der Waals surface area contributed by atoms with Crippen LogP contribution in [0.1, 0.15) is 50.5 Å². The number of urea groups is 1. The van der Waals surface area contributed by atoms with E-state index in [2.05, 4.69) is 70.0 Å². The van der Waals surface area contributed by atoms with Crippen LogP contribution in [0.25, 0.3) is 16.8 Å². The molecule has 13 nitrogen and oxygen atoms in total. The molecule has 3 aromatic heterocycles. The summed E-state index contributed by atoms with van der Waals surface area (Å²) in [6.07, 6.45) is -0.775. The van der Waals surface area contributed by atoms with Crippen LogP contribution in [0.15, 0.2) is 36.9 Å². The first-order valence-corrected chi connectivity index (χ1v) is 12.9. The Morgan fingerprint density at radius 2 is 1.74 bits per heavy atom. The molecule has 0 aliphatic heterocycles. The molecule has 16 heteroatoms. The average molecular weight is 596 g/mol. The second-order valence-electron chi connectivity index (χ2n) is 9.40. The van der Waals surface area contributed by atoms with Gasteiger partial charge in [-0.2, -0.15) is 18.3 Å². The molecule has 0 radical (unpaired) electrons. The fourth-order valence-corrected chi connectivity index (χ4v) is 4.07. The largest absolute Gasteiger partial charge is 0.478 e. The molecule has 0 saturated carbocycles. The Labute approximate surface area is 241 Å². The lowest BCUT2D eigenvalue weighted by Gasteiger charge is -2.30. The van der Waals surface area contributed by atoms with E-state index in [0.29, 0.717) is 19.3 Å². The van der Waals surface area contributed by atoms with Gasteiger partial charge in [-0.1, -0.05) is 0 Å². The number of halogens is 3. The van der Waals surface area contributed by atoms with Gasteiger partial charge in [0.2, 0.25) is 5.88 Å². The minimum Gasteiger partial charge on any atom is -0.478 e. The Hall–Kier alpha value is -4.28. The summed E-state index contributed by atoms with van der Waals surface area (Å²) in [4.78, 5) is 34.4. The van der Waals surface area contributed by atoms with Gasteiger partial charge >= 0.3 is 18.2 Å². The first kappa shape index (κ1) is 33.9. The number of ether oxygens (including phenoxy) is 1. The van der Waals surface area contributed by atoms with Gasteiger partial charge in [0.25, 0.3) is 0 Å². The van der Waals surface area contributed by atoms with Crippen LogP contribution >= 0.6 is 0 Å². The van der Waals surface area contributed by atoms with Crippen molar-refractivity contribution in [1.29, 1.82) is 0 Å². The van der Waals surface area contributed by atoms with Crippen LogP contribution in [-0.2, 0) is 6.18 Å². The second kappa shape index (κ2) is 15.1. The summed E-state index contributed by atoms with van der Waals surface area (Å²) in [5.74, 6) is 6.84. The number of nitrogens with two attached hydrogens (primary N) is 2. The van der Waals surface area contributed by atoms with Gasteiger partial charge in [0.05, 0.1) is 23.0 Å². The fraction of sp³-hybridized carbons (Fsp3) is 0.423. The summed E-state index contributed by atoms with van der Waals surface area (Å²) < 4.78 is 47.1. The maximum Gasteiger partial charge on any atom is 0.419 e. The van der Waals surface area contributed by atoms with E-state index in [1.165, 1.54) is 18.3 Å². The van der Waals surface area contributed by atoms with Crippen molar-refractivity contribution in [2.24, 2.45) is 11.7 Å². The molecule has 0 saturated heterocycles. The Balaban J connectivity index is 0.00000301. The molecule has 0 fully saturated rings. The highest BCUT2D eigenvalue weighted by Crippen LogP contribution is 2.36. The smallest absolute Gasteiger partial charge is 0.419 e. The zero-order chi connectivity index (χ0) is 31.6. The number of carbonyl (C=O) groups excluding carboxylic acids is 1. The van der Waals surface area contributed by atoms with E-state index in [1.54, 1.807) is 6.92 Å². The minimum absolute atomic E-state index is 0.0306. The quantitative estimate of drug-likeness (QED) is 0.162. The second-order valence-corrected chi connectivity index (χ2v) is 9.40. The molecule has 0 spiro atoms. The van der Waals surface area contributed by atoms with Crippen molar-refractivity contribution in [3.05, 3.63) is 48.0 Å². The maximum atomic E-state index is 13.4. The van der Waals surface area contributed by atoms with Crippen molar-refractivity contribution in [3.63, 3.8) is 0 Å². The highest BCUT2D eigenvalue weighted by Gasteiger charge is 2.32. The number of alkyl halides is 3. The molecule has 0 unspecified atom stereocenters. The van der Waals surface area contributed by atoms with Gasteiger partial charge in [0, 0.05) is 61.0 Å². The molecule has 0 aliphatic carbocycles. The van der Waals surface area contributed by atoms with E-state index in [4.69, 9.17) is 4.74 Å². The topological polar surface area (TPSA) is 187 Å². The van der Waals surface area contributed by atoms with Gasteiger partial charge in [0.1, 0.15) is 12.4 Å². The van der Waals surface area contributed by atoms with Gasteiger partial charge in [-0.25, -0.2) is 24.2 Å². The van der Waals surface area contributed by atoms with Crippen molar-refractivity contribution in [3.8, 4) is 22.7 Å². The number of nitrogens with zero attached hydrogens (tertiary/aromatic N) is 5. The lowest BCUT2D eigenvalue weighted by molar-refractivity contribution is -0.137. The van der Waals surface area contributed by atoms with E-state index in [9.17, 15) is 27.9 Å². The van der Waals surface area contributed by atoms with Crippen LogP contribution in [0, 0.1) is 0 Å². The number of hydrogen-bond acceptors (Lipinski definition) is 9.